The molecule has 0 fully saturated rings. The summed E-state index contributed by atoms with van der Waals surface area (Å²) in [6.45, 7) is 2.23. The summed E-state index contributed by atoms with van der Waals surface area (Å²) in [4.78, 5) is 11.4. The van der Waals surface area contributed by atoms with E-state index < -0.39 is 12.8 Å². The molecule has 0 radical (unpaired) electrons. The fraction of sp³-hybridized carbons (Fsp3) is 0.900. The molecule has 1 unspecified atom stereocenters. The van der Waals surface area contributed by atoms with Crippen molar-refractivity contribution in [3.8, 4) is 0 Å². The SMILES string of the molecule is CCC(C)(CBr)NC(=O)CCOCC(F)(F)F. The molecule has 17 heavy (non-hydrogen) atoms. The van der Waals surface area contributed by atoms with Crippen LogP contribution in [0.1, 0.15) is 26.7 Å². The summed E-state index contributed by atoms with van der Waals surface area (Å²) >= 11 is 3.27. The molecule has 3 nitrogen and oxygen atoms in total. The minimum Gasteiger partial charge on any atom is -0.372 e. The molecule has 0 spiro atoms. The zero-order valence-electron chi connectivity index (χ0n) is 9.86. The molecule has 1 N–H and O–H groups in total. The summed E-state index contributed by atoms with van der Waals surface area (Å²) in [7, 11) is 0. The van der Waals surface area contributed by atoms with Gasteiger partial charge in [-0.2, -0.15) is 13.2 Å². The zero-order valence-corrected chi connectivity index (χ0v) is 11.4. The van der Waals surface area contributed by atoms with Crippen molar-refractivity contribution in [1.29, 1.82) is 0 Å². The van der Waals surface area contributed by atoms with Gasteiger partial charge in [-0.05, 0) is 13.3 Å². The summed E-state index contributed by atoms with van der Waals surface area (Å²) in [6.07, 6.45) is -3.68. The number of amides is 1. The molecule has 0 rings (SSSR count). The van der Waals surface area contributed by atoms with Crippen LogP contribution in [0, 0.1) is 0 Å². The number of ether oxygens (including phenoxy) is 1. The first-order valence-electron chi connectivity index (χ1n) is 5.24. The number of carbonyl (C=O) groups is 1. The number of hydrogen-bond acceptors (Lipinski definition) is 2. The zero-order chi connectivity index (χ0) is 13.5. The Hall–Kier alpha value is -0.300. The number of halogens is 4. The van der Waals surface area contributed by atoms with E-state index in [9.17, 15) is 18.0 Å². The van der Waals surface area contributed by atoms with Gasteiger partial charge in [0.25, 0.3) is 0 Å². The van der Waals surface area contributed by atoms with Gasteiger partial charge in [0, 0.05) is 17.3 Å². The Morgan fingerprint density at radius 1 is 1.41 bits per heavy atom. The van der Waals surface area contributed by atoms with Gasteiger partial charge in [0.2, 0.25) is 5.91 Å². The molecule has 0 heterocycles. The van der Waals surface area contributed by atoms with Crippen LogP contribution in [-0.2, 0) is 9.53 Å². The summed E-state index contributed by atoms with van der Waals surface area (Å²) in [5, 5.41) is 3.33. The van der Waals surface area contributed by atoms with Crippen molar-refractivity contribution in [1.82, 2.24) is 5.32 Å². The third-order valence-corrected chi connectivity index (χ3v) is 3.49. The lowest BCUT2D eigenvalue weighted by atomic mass is 10.0. The fourth-order valence-electron chi connectivity index (χ4n) is 0.968. The number of hydrogen-bond donors (Lipinski definition) is 1. The van der Waals surface area contributed by atoms with E-state index >= 15 is 0 Å². The summed E-state index contributed by atoms with van der Waals surface area (Å²) in [5.41, 5.74) is -0.374. The highest BCUT2D eigenvalue weighted by Gasteiger charge is 2.27. The van der Waals surface area contributed by atoms with Crippen LogP contribution in [0.15, 0.2) is 0 Å². The Morgan fingerprint density at radius 2 is 2.00 bits per heavy atom. The quantitative estimate of drug-likeness (QED) is 0.578. The number of nitrogens with one attached hydrogen (secondary N) is 1. The Kier molecular flexibility index (Phi) is 7.08. The lowest BCUT2D eigenvalue weighted by molar-refractivity contribution is -0.174. The second-order valence-electron chi connectivity index (χ2n) is 4.01. The molecule has 0 bridgehead atoms. The topological polar surface area (TPSA) is 38.3 Å². The lowest BCUT2D eigenvalue weighted by Crippen LogP contribution is -2.47. The first kappa shape index (κ1) is 16.7. The molecular weight excluding hydrogens is 303 g/mol. The van der Waals surface area contributed by atoms with Crippen molar-refractivity contribution in [3.05, 3.63) is 0 Å². The maximum absolute atomic E-state index is 11.7. The summed E-state index contributed by atoms with van der Waals surface area (Å²) in [6, 6.07) is 0. The Bertz CT molecular complexity index is 242. The number of rotatable bonds is 7. The van der Waals surface area contributed by atoms with Gasteiger partial charge < -0.3 is 10.1 Å². The summed E-state index contributed by atoms with van der Waals surface area (Å²) in [5.74, 6) is -0.309. The van der Waals surface area contributed by atoms with Crippen molar-refractivity contribution in [2.45, 2.75) is 38.4 Å². The van der Waals surface area contributed by atoms with Gasteiger partial charge in [0.05, 0.1) is 6.61 Å². The first-order chi connectivity index (χ1) is 7.72. The predicted molar refractivity (Wildman–Crippen MR) is 62.1 cm³/mol. The average molecular weight is 320 g/mol. The lowest BCUT2D eigenvalue weighted by Gasteiger charge is -2.27. The minimum atomic E-state index is -4.34. The number of carbonyl (C=O) groups excluding carboxylic acids is 1. The van der Waals surface area contributed by atoms with Gasteiger partial charge in [-0.25, -0.2) is 0 Å². The monoisotopic (exact) mass is 319 g/mol. The van der Waals surface area contributed by atoms with E-state index in [0.29, 0.717) is 5.33 Å². The standard InChI is InChI=1S/C10H17BrF3NO2/c1-3-9(2,6-11)15-8(16)4-5-17-7-10(12,13)14/h3-7H2,1-2H3,(H,15,16). The van der Waals surface area contributed by atoms with E-state index in [1.165, 1.54) is 0 Å². The molecular formula is C10H17BrF3NO2. The van der Waals surface area contributed by atoms with Crippen molar-refractivity contribution in [2.24, 2.45) is 0 Å². The maximum atomic E-state index is 11.7. The molecule has 7 heteroatoms. The molecule has 0 saturated carbocycles. The van der Waals surface area contributed by atoms with Crippen LogP contribution in [0.5, 0.6) is 0 Å². The van der Waals surface area contributed by atoms with Gasteiger partial charge in [-0.3, -0.25) is 4.79 Å². The highest BCUT2D eigenvalue weighted by molar-refractivity contribution is 9.09. The predicted octanol–water partition coefficient (Wildman–Crippen LogP) is 2.64. The molecule has 0 aliphatic rings. The fourth-order valence-corrected chi connectivity index (χ4v) is 1.50. The highest BCUT2D eigenvalue weighted by Crippen LogP contribution is 2.15. The van der Waals surface area contributed by atoms with Crippen LogP contribution < -0.4 is 5.32 Å². The molecule has 1 atom stereocenters. The molecule has 0 saturated heterocycles. The van der Waals surface area contributed by atoms with E-state index in [4.69, 9.17) is 0 Å². The van der Waals surface area contributed by atoms with E-state index in [1.54, 1.807) is 0 Å². The average Bonchev–Trinajstić information content (AvgIpc) is 2.23. The van der Waals surface area contributed by atoms with Crippen LogP contribution in [0.4, 0.5) is 13.2 Å². The van der Waals surface area contributed by atoms with Crippen LogP contribution in [0.3, 0.4) is 0 Å². The third-order valence-electron chi connectivity index (χ3n) is 2.26. The smallest absolute Gasteiger partial charge is 0.372 e. The molecule has 0 aromatic rings. The van der Waals surface area contributed by atoms with E-state index in [-0.39, 0.29) is 24.5 Å². The van der Waals surface area contributed by atoms with Crippen molar-refractivity contribution in [3.63, 3.8) is 0 Å². The molecule has 102 valence electrons. The van der Waals surface area contributed by atoms with Crippen LogP contribution >= 0.6 is 15.9 Å². The molecule has 0 aromatic carbocycles. The highest BCUT2D eigenvalue weighted by atomic mass is 79.9. The van der Waals surface area contributed by atoms with Crippen molar-refractivity contribution >= 4 is 21.8 Å². The van der Waals surface area contributed by atoms with E-state index in [0.717, 1.165) is 6.42 Å². The van der Waals surface area contributed by atoms with Crippen LogP contribution in [0.25, 0.3) is 0 Å². The Balaban J connectivity index is 3.81. The van der Waals surface area contributed by atoms with Crippen molar-refractivity contribution in [2.75, 3.05) is 18.5 Å². The van der Waals surface area contributed by atoms with Crippen LogP contribution in [0.2, 0.25) is 0 Å². The molecule has 1 amide bonds. The second-order valence-corrected chi connectivity index (χ2v) is 4.57. The molecule has 0 aliphatic heterocycles. The largest absolute Gasteiger partial charge is 0.411 e. The van der Waals surface area contributed by atoms with Crippen LogP contribution in [-0.4, -0.2) is 36.2 Å². The van der Waals surface area contributed by atoms with Gasteiger partial charge in [0.1, 0.15) is 6.61 Å². The van der Waals surface area contributed by atoms with E-state index in [2.05, 4.69) is 26.0 Å². The first-order valence-corrected chi connectivity index (χ1v) is 6.36. The van der Waals surface area contributed by atoms with Gasteiger partial charge in [0.15, 0.2) is 0 Å². The maximum Gasteiger partial charge on any atom is 0.411 e. The normalized spacial score (nSPS) is 15.4. The Morgan fingerprint density at radius 3 is 2.41 bits per heavy atom. The third kappa shape index (κ3) is 8.43. The van der Waals surface area contributed by atoms with Gasteiger partial charge in [-0.15, -0.1) is 0 Å². The van der Waals surface area contributed by atoms with Crippen molar-refractivity contribution < 1.29 is 22.7 Å². The number of alkyl halides is 4. The van der Waals surface area contributed by atoms with E-state index in [1.807, 2.05) is 13.8 Å². The summed E-state index contributed by atoms with van der Waals surface area (Å²) < 4.78 is 39.5. The van der Waals surface area contributed by atoms with Gasteiger partial charge in [-0.1, -0.05) is 22.9 Å². The Labute approximate surface area is 107 Å². The second kappa shape index (κ2) is 7.20. The minimum absolute atomic E-state index is 0.0708. The molecule has 0 aromatic heterocycles. The van der Waals surface area contributed by atoms with Gasteiger partial charge >= 0.3 is 6.18 Å². The molecule has 0 aliphatic carbocycles.